The summed E-state index contributed by atoms with van der Waals surface area (Å²) in [5.74, 6) is -0.626. The zero-order chi connectivity index (χ0) is 16.3. The van der Waals surface area contributed by atoms with Crippen LogP contribution in [-0.4, -0.2) is 14.4 Å². The van der Waals surface area contributed by atoms with Crippen molar-refractivity contribution in [1.82, 2.24) is 0 Å². The summed E-state index contributed by atoms with van der Waals surface area (Å²) in [5, 5.41) is 5.06. The summed E-state index contributed by atoms with van der Waals surface area (Å²) < 4.78 is 28.3. The first-order chi connectivity index (χ1) is 10.3. The molecule has 0 radical (unpaired) electrons. The number of nitrogens with two attached hydrogens (primary N) is 1. The van der Waals surface area contributed by atoms with Crippen molar-refractivity contribution in [1.29, 1.82) is 0 Å². The number of ether oxygens (including phenoxy) is 1. The summed E-state index contributed by atoms with van der Waals surface area (Å²) in [6.07, 6.45) is 0. The van der Waals surface area contributed by atoms with Gasteiger partial charge in [0, 0.05) is 4.47 Å². The van der Waals surface area contributed by atoms with Gasteiger partial charge in [-0.3, -0.25) is 0 Å². The van der Waals surface area contributed by atoms with Gasteiger partial charge in [-0.1, -0.05) is 29.8 Å². The predicted octanol–water partition coefficient (Wildman–Crippen LogP) is 2.76. The van der Waals surface area contributed by atoms with Crippen LogP contribution in [0, 0.1) is 6.92 Å². The van der Waals surface area contributed by atoms with Gasteiger partial charge in [-0.25, -0.2) is 18.4 Å². The van der Waals surface area contributed by atoms with Crippen molar-refractivity contribution in [2.45, 2.75) is 18.4 Å². The third kappa shape index (κ3) is 4.16. The topological polar surface area (TPSA) is 86.5 Å². The Morgan fingerprint density at radius 1 is 1.23 bits per heavy atom. The molecule has 2 aromatic rings. The van der Waals surface area contributed by atoms with E-state index < -0.39 is 16.0 Å². The lowest BCUT2D eigenvalue weighted by Gasteiger charge is -2.08. The molecule has 2 N–H and O–H groups in total. The smallest absolute Gasteiger partial charge is 0.339 e. The van der Waals surface area contributed by atoms with Crippen LogP contribution >= 0.6 is 15.9 Å². The van der Waals surface area contributed by atoms with Crippen LogP contribution in [-0.2, 0) is 21.4 Å². The van der Waals surface area contributed by atoms with E-state index >= 15 is 0 Å². The molecule has 0 unspecified atom stereocenters. The molecule has 0 saturated carbocycles. The molecule has 0 aliphatic carbocycles. The molecule has 0 amide bonds. The van der Waals surface area contributed by atoms with E-state index in [2.05, 4.69) is 15.9 Å². The van der Waals surface area contributed by atoms with E-state index in [1.54, 1.807) is 0 Å². The fraction of sp³-hybridized carbons (Fsp3) is 0.133. The van der Waals surface area contributed by atoms with E-state index in [9.17, 15) is 13.2 Å². The maximum Gasteiger partial charge on any atom is 0.339 e. The quantitative estimate of drug-likeness (QED) is 0.822. The SMILES string of the molecule is Cc1cccc(COC(=O)c2cc(S(N)(=O)=O)ccc2Br)c1. The Morgan fingerprint density at radius 3 is 2.59 bits per heavy atom. The van der Waals surface area contributed by atoms with Gasteiger partial charge >= 0.3 is 5.97 Å². The number of rotatable bonds is 4. The molecule has 7 heteroatoms. The first-order valence-electron chi connectivity index (χ1n) is 6.32. The van der Waals surface area contributed by atoms with Gasteiger partial charge in [0.1, 0.15) is 6.61 Å². The first-order valence-corrected chi connectivity index (χ1v) is 8.66. The van der Waals surface area contributed by atoms with Crippen LogP contribution in [0.15, 0.2) is 51.8 Å². The number of halogens is 1. The molecule has 0 bridgehead atoms. The third-order valence-corrected chi connectivity index (χ3v) is 4.54. The van der Waals surface area contributed by atoms with Crippen molar-refractivity contribution >= 4 is 31.9 Å². The van der Waals surface area contributed by atoms with Crippen LogP contribution in [0.3, 0.4) is 0 Å². The van der Waals surface area contributed by atoms with Crippen molar-refractivity contribution in [2.24, 2.45) is 5.14 Å². The number of carbonyl (C=O) groups excluding carboxylic acids is 1. The highest BCUT2D eigenvalue weighted by Gasteiger charge is 2.16. The highest BCUT2D eigenvalue weighted by atomic mass is 79.9. The first kappa shape index (κ1) is 16.7. The summed E-state index contributed by atoms with van der Waals surface area (Å²) in [5.41, 5.74) is 2.03. The van der Waals surface area contributed by atoms with Gasteiger partial charge in [0.15, 0.2) is 0 Å². The minimum Gasteiger partial charge on any atom is -0.457 e. The Kier molecular flexibility index (Phi) is 5.00. The predicted molar refractivity (Wildman–Crippen MR) is 85.8 cm³/mol. The number of aryl methyl sites for hydroxylation is 1. The second-order valence-corrected chi connectivity index (χ2v) is 7.17. The number of primary sulfonamides is 1. The lowest BCUT2D eigenvalue weighted by molar-refractivity contribution is 0.0471. The number of sulfonamides is 1. The van der Waals surface area contributed by atoms with Crippen molar-refractivity contribution in [2.75, 3.05) is 0 Å². The molecule has 0 aliphatic heterocycles. The Bertz CT molecular complexity index is 818. The van der Waals surface area contributed by atoms with Crippen molar-refractivity contribution in [3.8, 4) is 0 Å². The molecule has 2 rings (SSSR count). The van der Waals surface area contributed by atoms with Gasteiger partial charge in [-0.15, -0.1) is 0 Å². The van der Waals surface area contributed by atoms with Crippen LogP contribution in [0.2, 0.25) is 0 Å². The molecule has 2 aromatic carbocycles. The molecular weight excluding hydrogens is 370 g/mol. The van der Waals surface area contributed by atoms with Crippen LogP contribution in [0.1, 0.15) is 21.5 Å². The van der Waals surface area contributed by atoms with Gasteiger partial charge < -0.3 is 4.74 Å². The number of carbonyl (C=O) groups is 1. The molecule has 0 aliphatic rings. The summed E-state index contributed by atoms with van der Waals surface area (Å²) >= 11 is 3.20. The fourth-order valence-corrected chi connectivity index (χ4v) is 2.81. The maximum atomic E-state index is 12.1. The number of benzene rings is 2. The zero-order valence-electron chi connectivity index (χ0n) is 11.7. The highest BCUT2D eigenvalue weighted by Crippen LogP contribution is 2.21. The molecular formula is C15H14BrNO4S. The monoisotopic (exact) mass is 383 g/mol. The summed E-state index contributed by atoms with van der Waals surface area (Å²) in [4.78, 5) is 12.0. The summed E-state index contributed by atoms with van der Waals surface area (Å²) in [6.45, 7) is 2.05. The van der Waals surface area contributed by atoms with Crippen LogP contribution < -0.4 is 5.14 Å². The molecule has 0 aromatic heterocycles. The summed E-state index contributed by atoms with van der Waals surface area (Å²) in [7, 11) is -3.88. The second-order valence-electron chi connectivity index (χ2n) is 4.75. The van der Waals surface area contributed by atoms with Gasteiger partial charge in [0.25, 0.3) is 0 Å². The number of esters is 1. The van der Waals surface area contributed by atoms with Gasteiger partial charge in [0.2, 0.25) is 10.0 Å². The molecule has 0 saturated heterocycles. The minimum absolute atomic E-state index is 0.104. The normalized spacial score (nSPS) is 11.2. The Hall–Kier alpha value is -1.70. The van der Waals surface area contributed by atoms with E-state index in [0.717, 1.165) is 11.1 Å². The largest absolute Gasteiger partial charge is 0.457 e. The zero-order valence-corrected chi connectivity index (χ0v) is 14.1. The Morgan fingerprint density at radius 2 is 1.95 bits per heavy atom. The Labute approximate surface area is 137 Å². The summed E-state index contributed by atoms with van der Waals surface area (Å²) in [6, 6.07) is 11.5. The lowest BCUT2D eigenvalue weighted by atomic mass is 10.1. The molecule has 5 nitrogen and oxygen atoms in total. The second kappa shape index (κ2) is 6.60. The van der Waals surface area contributed by atoms with Crippen LogP contribution in [0.5, 0.6) is 0 Å². The average Bonchev–Trinajstić information content (AvgIpc) is 2.44. The number of hydrogen-bond donors (Lipinski definition) is 1. The van der Waals surface area contributed by atoms with Crippen molar-refractivity contribution < 1.29 is 17.9 Å². The van der Waals surface area contributed by atoms with Crippen LogP contribution in [0.4, 0.5) is 0 Å². The van der Waals surface area contributed by atoms with Gasteiger partial charge in [-0.2, -0.15) is 0 Å². The molecule has 0 spiro atoms. The van der Waals surface area contributed by atoms with Gasteiger partial charge in [-0.05, 0) is 46.6 Å². The van der Waals surface area contributed by atoms with E-state index in [1.165, 1.54) is 18.2 Å². The molecule has 116 valence electrons. The van der Waals surface area contributed by atoms with Crippen LogP contribution in [0.25, 0.3) is 0 Å². The lowest BCUT2D eigenvalue weighted by Crippen LogP contribution is -2.14. The molecule has 0 atom stereocenters. The highest BCUT2D eigenvalue weighted by molar-refractivity contribution is 9.10. The minimum atomic E-state index is -3.88. The molecule has 0 fully saturated rings. The molecule has 22 heavy (non-hydrogen) atoms. The molecule has 0 heterocycles. The maximum absolute atomic E-state index is 12.1. The average molecular weight is 384 g/mol. The van der Waals surface area contributed by atoms with E-state index in [-0.39, 0.29) is 17.1 Å². The van der Waals surface area contributed by atoms with E-state index in [4.69, 9.17) is 9.88 Å². The van der Waals surface area contributed by atoms with E-state index in [0.29, 0.717) is 4.47 Å². The van der Waals surface area contributed by atoms with Gasteiger partial charge in [0.05, 0.1) is 10.5 Å². The Balaban J connectivity index is 2.19. The third-order valence-electron chi connectivity index (χ3n) is 2.94. The van der Waals surface area contributed by atoms with E-state index in [1.807, 2.05) is 31.2 Å². The van der Waals surface area contributed by atoms with Crippen molar-refractivity contribution in [3.63, 3.8) is 0 Å². The standard InChI is InChI=1S/C15H14BrNO4S/c1-10-3-2-4-11(7-10)9-21-15(18)13-8-12(22(17,19)20)5-6-14(13)16/h2-8H,9H2,1H3,(H2,17,19,20). The number of hydrogen-bond acceptors (Lipinski definition) is 4. The fourth-order valence-electron chi connectivity index (χ4n) is 1.87. The van der Waals surface area contributed by atoms with Crippen molar-refractivity contribution in [3.05, 3.63) is 63.6 Å².